The highest BCUT2D eigenvalue weighted by Crippen LogP contribution is 2.24. The zero-order valence-corrected chi connectivity index (χ0v) is 14.2. The summed E-state index contributed by atoms with van der Waals surface area (Å²) < 4.78 is 0. The van der Waals surface area contributed by atoms with E-state index in [4.69, 9.17) is 5.73 Å². The van der Waals surface area contributed by atoms with Crippen LogP contribution in [0.2, 0.25) is 0 Å². The van der Waals surface area contributed by atoms with E-state index in [-0.39, 0.29) is 11.8 Å². The molecule has 1 aliphatic rings. The number of hydrogen-bond donors (Lipinski definition) is 1. The van der Waals surface area contributed by atoms with Gasteiger partial charge in [0.15, 0.2) is 6.04 Å². The fraction of sp³-hybridized carbons (Fsp3) is 0.529. The monoisotopic (exact) mass is 328 g/mol. The second kappa shape index (κ2) is 7.09. The van der Waals surface area contributed by atoms with Gasteiger partial charge in [-0.15, -0.1) is 10.2 Å². The Hall–Kier alpha value is -2.28. The topological polar surface area (TPSA) is 89.9 Å². The quantitative estimate of drug-likeness (QED) is 0.894. The number of amides is 1. The van der Waals surface area contributed by atoms with Crippen LogP contribution in [0.1, 0.15) is 26.3 Å². The Balaban J connectivity index is 1.82. The molecular formula is C17H24N6O. The molecule has 2 aromatic rings. The van der Waals surface area contributed by atoms with Gasteiger partial charge in [-0.3, -0.25) is 4.79 Å². The molecule has 0 aliphatic carbocycles. The lowest BCUT2D eigenvalue weighted by Crippen LogP contribution is -2.39. The number of likely N-dealkylation sites (tertiary alicyclic amines) is 1. The highest BCUT2D eigenvalue weighted by molar-refractivity contribution is 5.80. The molecule has 128 valence electrons. The summed E-state index contributed by atoms with van der Waals surface area (Å²) in [4.78, 5) is 16.3. The fourth-order valence-corrected chi connectivity index (χ4v) is 3.11. The van der Waals surface area contributed by atoms with Crippen molar-refractivity contribution in [2.75, 3.05) is 19.6 Å². The molecule has 1 aliphatic heterocycles. The van der Waals surface area contributed by atoms with E-state index in [1.807, 2.05) is 49.1 Å². The highest BCUT2D eigenvalue weighted by atomic mass is 16.2. The van der Waals surface area contributed by atoms with E-state index in [0.717, 1.165) is 25.1 Å². The molecule has 1 saturated heterocycles. The summed E-state index contributed by atoms with van der Waals surface area (Å²) in [6, 6.07) is 9.22. The van der Waals surface area contributed by atoms with Crippen molar-refractivity contribution in [2.24, 2.45) is 17.6 Å². The summed E-state index contributed by atoms with van der Waals surface area (Å²) in [5.74, 6) is 1.06. The minimum Gasteiger partial charge on any atom is -0.340 e. The zero-order chi connectivity index (χ0) is 17.1. The number of hydrogen-bond acceptors (Lipinski definition) is 5. The van der Waals surface area contributed by atoms with Crippen LogP contribution in [0.3, 0.4) is 0 Å². The van der Waals surface area contributed by atoms with E-state index in [2.05, 4.69) is 15.4 Å². The number of tetrazole rings is 1. The highest BCUT2D eigenvalue weighted by Gasteiger charge is 2.34. The lowest BCUT2D eigenvalue weighted by Gasteiger charge is -2.25. The van der Waals surface area contributed by atoms with Gasteiger partial charge in [-0.2, -0.15) is 4.80 Å². The van der Waals surface area contributed by atoms with Gasteiger partial charge in [0.05, 0.1) is 0 Å². The Morgan fingerprint density at radius 2 is 2.08 bits per heavy atom. The number of rotatable bonds is 5. The molecule has 3 rings (SSSR count). The van der Waals surface area contributed by atoms with Crippen molar-refractivity contribution < 1.29 is 4.79 Å². The Labute approximate surface area is 141 Å². The number of carbonyl (C=O) groups excluding carboxylic acids is 1. The lowest BCUT2D eigenvalue weighted by molar-refractivity contribution is -0.136. The SMILES string of the molecule is CC(C)C(C(=O)N1CCC(CN)C1)n1nnc(-c2ccccc2)n1. The third-order valence-corrected chi connectivity index (χ3v) is 4.52. The maximum atomic E-state index is 13.0. The van der Waals surface area contributed by atoms with Crippen LogP contribution in [-0.2, 0) is 4.79 Å². The summed E-state index contributed by atoms with van der Waals surface area (Å²) in [6.07, 6.45) is 0.965. The molecular weight excluding hydrogens is 304 g/mol. The van der Waals surface area contributed by atoms with Gasteiger partial charge in [-0.05, 0) is 30.0 Å². The van der Waals surface area contributed by atoms with Crippen LogP contribution in [0.25, 0.3) is 11.4 Å². The standard InChI is InChI=1S/C17H24N6O/c1-12(2)15(17(24)22-9-8-13(10-18)11-22)23-20-16(19-21-23)14-6-4-3-5-7-14/h3-7,12-13,15H,8-11,18H2,1-2H3. The normalized spacial score (nSPS) is 19.0. The molecule has 1 aromatic heterocycles. The van der Waals surface area contributed by atoms with Crippen LogP contribution in [0.4, 0.5) is 0 Å². The molecule has 0 spiro atoms. The lowest BCUT2D eigenvalue weighted by atomic mass is 10.0. The summed E-state index contributed by atoms with van der Waals surface area (Å²) in [5.41, 5.74) is 6.62. The predicted octanol–water partition coefficient (Wildman–Crippen LogP) is 1.34. The Morgan fingerprint density at radius 1 is 1.33 bits per heavy atom. The number of aromatic nitrogens is 4. The first-order valence-electron chi connectivity index (χ1n) is 8.44. The Kier molecular flexibility index (Phi) is 4.89. The van der Waals surface area contributed by atoms with Gasteiger partial charge in [-0.25, -0.2) is 0 Å². The van der Waals surface area contributed by atoms with E-state index in [1.165, 1.54) is 4.80 Å². The third-order valence-electron chi connectivity index (χ3n) is 4.52. The molecule has 7 nitrogen and oxygen atoms in total. The zero-order valence-electron chi connectivity index (χ0n) is 14.2. The first-order valence-corrected chi connectivity index (χ1v) is 8.44. The van der Waals surface area contributed by atoms with Crippen LogP contribution < -0.4 is 5.73 Å². The number of carbonyl (C=O) groups is 1. The molecule has 2 unspecified atom stereocenters. The van der Waals surface area contributed by atoms with Crippen molar-refractivity contribution in [3.63, 3.8) is 0 Å². The van der Waals surface area contributed by atoms with Crippen molar-refractivity contribution in [3.8, 4) is 11.4 Å². The molecule has 7 heteroatoms. The maximum Gasteiger partial charge on any atom is 0.249 e. The van der Waals surface area contributed by atoms with E-state index >= 15 is 0 Å². The summed E-state index contributed by atoms with van der Waals surface area (Å²) in [6.45, 7) is 6.11. The van der Waals surface area contributed by atoms with Gasteiger partial charge < -0.3 is 10.6 Å². The van der Waals surface area contributed by atoms with Gasteiger partial charge >= 0.3 is 0 Å². The van der Waals surface area contributed by atoms with E-state index in [9.17, 15) is 4.79 Å². The minimum atomic E-state index is -0.438. The summed E-state index contributed by atoms with van der Waals surface area (Å²) in [7, 11) is 0. The molecule has 0 saturated carbocycles. The first-order chi connectivity index (χ1) is 11.6. The Morgan fingerprint density at radius 3 is 2.71 bits per heavy atom. The molecule has 1 fully saturated rings. The van der Waals surface area contributed by atoms with Crippen molar-refractivity contribution >= 4 is 5.91 Å². The average Bonchev–Trinajstić information content (AvgIpc) is 3.25. The van der Waals surface area contributed by atoms with Crippen LogP contribution >= 0.6 is 0 Å². The van der Waals surface area contributed by atoms with Gasteiger partial charge in [0.1, 0.15) is 0 Å². The fourth-order valence-electron chi connectivity index (χ4n) is 3.11. The van der Waals surface area contributed by atoms with E-state index < -0.39 is 6.04 Å². The van der Waals surface area contributed by atoms with Crippen molar-refractivity contribution in [1.29, 1.82) is 0 Å². The minimum absolute atomic E-state index is 0.0537. The summed E-state index contributed by atoms with van der Waals surface area (Å²) in [5, 5.41) is 12.7. The van der Waals surface area contributed by atoms with Crippen LogP contribution in [0.15, 0.2) is 30.3 Å². The molecule has 2 atom stereocenters. The molecule has 2 N–H and O–H groups in total. The second-order valence-corrected chi connectivity index (χ2v) is 6.66. The second-order valence-electron chi connectivity index (χ2n) is 6.66. The van der Waals surface area contributed by atoms with Crippen molar-refractivity contribution in [2.45, 2.75) is 26.3 Å². The Bertz CT molecular complexity index is 683. The van der Waals surface area contributed by atoms with Gasteiger partial charge in [0, 0.05) is 18.7 Å². The van der Waals surface area contributed by atoms with E-state index in [1.54, 1.807) is 0 Å². The van der Waals surface area contributed by atoms with E-state index in [0.29, 0.717) is 18.3 Å². The number of benzene rings is 1. The van der Waals surface area contributed by atoms with Gasteiger partial charge in [-0.1, -0.05) is 44.2 Å². The molecule has 0 bridgehead atoms. The largest absolute Gasteiger partial charge is 0.340 e. The van der Waals surface area contributed by atoms with Crippen molar-refractivity contribution in [1.82, 2.24) is 25.1 Å². The average molecular weight is 328 g/mol. The van der Waals surface area contributed by atoms with Gasteiger partial charge in [0.2, 0.25) is 11.7 Å². The molecule has 0 radical (unpaired) electrons. The van der Waals surface area contributed by atoms with Crippen molar-refractivity contribution in [3.05, 3.63) is 30.3 Å². The first kappa shape index (κ1) is 16.6. The molecule has 1 aromatic carbocycles. The number of nitrogens with two attached hydrogens (primary N) is 1. The van der Waals surface area contributed by atoms with Crippen LogP contribution in [0.5, 0.6) is 0 Å². The van der Waals surface area contributed by atoms with Crippen LogP contribution in [-0.4, -0.2) is 50.6 Å². The molecule has 24 heavy (non-hydrogen) atoms. The van der Waals surface area contributed by atoms with Crippen LogP contribution in [0, 0.1) is 11.8 Å². The smallest absolute Gasteiger partial charge is 0.249 e. The third kappa shape index (κ3) is 3.31. The maximum absolute atomic E-state index is 13.0. The number of nitrogens with zero attached hydrogens (tertiary/aromatic N) is 5. The molecule has 2 heterocycles. The molecule has 1 amide bonds. The summed E-state index contributed by atoms with van der Waals surface area (Å²) >= 11 is 0. The predicted molar refractivity (Wildman–Crippen MR) is 90.9 cm³/mol. The van der Waals surface area contributed by atoms with Gasteiger partial charge in [0.25, 0.3) is 0 Å².